The van der Waals surface area contributed by atoms with E-state index in [1.807, 2.05) is 0 Å². The summed E-state index contributed by atoms with van der Waals surface area (Å²) in [6.07, 6.45) is 0. The highest BCUT2D eigenvalue weighted by molar-refractivity contribution is 6.79. The lowest BCUT2D eigenvalue weighted by Crippen LogP contribution is -2.57. The van der Waals surface area contributed by atoms with Crippen molar-refractivity contribution in [3.05, 3.63) is 11.1 Å². The molecule has 0 bridgehead atoms. The van der Waals surface area contributed by atoms with E-state index in [1.54, 1.807) is 11.1 Å². The molecule has 0 unspecified atom stereocenters. The van der Waals surface area contributed by atoms with Crippen molar-refractivity contribution in [2.45, 2.75) is 15.6 Å². The van der Waals surface area contributed by atoms with Crippen LogP contribution in [0.15, 0.2) is 0 Å². The van der Waals surface area contributed by atoms with Crippen molar-refractivity contribution in [2.24, 2.45) is 0 Å². The molecule has 0 atom stereocenters. The fourth-order valence-corrected chi connectivity index (χ4v) is 20.5. The van der Waals surface area contributed by atoms with E-state index >= 15 is 0 Å². The smallest absolute Gasteiger partial charge is 0.100 e. The molecule has 1 aliphatic carbocycles. The summed E-state index contributed by atoms with van der Waals surface area (Å²) in [4.78, 5) is 0. The number of benzene rings is 11. The first-order chi connectivity index (χ1) is 40.2. The quantitative estimate of drug-likeness (QED) is 0.119. The van der Waals surface area contributed by atoms with Crippen molar-refractivity contribution in [1.82, 2.24) is 0 Å². The van der Waals surface area contributed by atoms with Gasteiger partial charge in [0, 0.05) is 0 Å². The third-order valence-electron chi connectivity index (χ3n) is 25.9. The third-order valence-corrected chi connectivity index (χ3v) is 25.9. The second kappa shape index (κ2) is 19.9. The summed E-state index contributed by atoms with van der Waals surface area (Å²) in [7, 11) is 83.8. The third kappa shape index (κ3) is 7.35. The predicted octanol–water partition coefficient (Wildman–Crippen LogP) is -40.1. The Morgan fingerprint density at radius 2 is 0.299 bits per heavy atom. The van der Waals surface area contributed by atoms with Gasteiger partial charge < -0.3 is 0 Å². The molecule has 0 nitrogen and oxygen atoms in total. The zero-order valence-electron chi connectivity index (χ0n) is 60.5. The summed E-state index contributed by atoms with van der Waals surface area (Å²) in [6, 6.07) is 0. The Kier molecular flexibility index (Phi) is 14.4. The molecule has 11 aromatic carbocycles. The van der Waals surface area contributed by atoms with Gasteiger partial charge in [0.1, 0.15) is 220 Å². The Morgan fingerprint density at radius 3 is 0.575 bits per heavy atom. The van der Waals surface area contributed by atoms with Crippen molar-refractivity contribution in [3.8, 4) is 44.5 Å². The van der Waals surface area contributed by atoms with E-state index in [-0.39, 0.29) is 15.6 Å². The minimum Gasteiger partial charge on any atom is -0.100 e. The SMILES string of the molecule is Bc1c(B)c(-c2c(B)c(B)c3c(c2B)C(C(B)(B)B)(C(B)(B)B)c2c(B)c(-c4c(B)c(B)c5c(B)c(B)c6c(B)c(B)c(B)c7c(B)c(B)c4c5c67)c(B)c(B)c2-3)c(B)c(-c2c(B)c(B)c3c(B)c(B)c4c(B)c(B)c(B)c5c(B)c(B)c2c3c45)c1B. The molecule has 0 saturated heterocycles. The Hall–Kier alpha value is -4.29. The van der Waals surface area contributed by atoms with Gasteiger partial charge in [-0.2, -0.15) is 0 Å². The first-order valence-electron chi connectivity index (χ1n) is 33.0. The highest BCUT2D eigenvalue weighted by atomic mass is 14.5. The van der Waals surface area contributed by atoms with E-state index in [2.05, 4.69) is 267 Å². The van der Waals surface area contributed by atoms with Gasteiger partial charge in [-0.1, -0.05) is 147 Å². The van der Waals surface area contributed by atoms with Gasteiger partial charge in [0.05, 0.1) is 47.1 Å². The van der Waals surface area contributed by atoms with Crippen LogP contribution in [0.1, 0.15) is 11.1 Å². The molecule has 0 fully saturated rings. The number of hydrogen-bond acceptors (Lipinski definition) is 0. The zero-order chi connectivity index (χ0) is 64.4. The fraction of sp³-hybridized carbons (Fsp3) is 0.0566. The lowest BCUT2D eigenvalue weighted by Gasteiger charge is -2.56. The molecular weight excluding hydrogens is 1000 g/mol. The molecule has 0 N–H and O–H groups in total. The molecule has 12 rings (SSSR count). The van der Waals surface area contributed by atoms with Crippen LogP contribution in [-0.2, 0) is 5.41 Å². The monoisotopic (exact) mass is 1080 g/mol. The van der Waals surface area contributed by atoms with Crippen LogP contribution in [0.3, 0.4) is 0 Å². The second-order valence-corrected chi connectivity index (χ2v) is 31.0. The van der Waals surface area contributed by atoms with Crippen LogP contribution < -0.4 is 153 Å². The van der Waals surface area contributed by atoms with Gasteiger partial charge in [-0.15, -0.1) is 16.4 Å². The van der Waals surface area contributed by atoms with Crippen molar-refractivity contribution in [2.75, 3.05) is 0 Å². The van der Waals surface area contributed by atoms with Crippen LogP contribution >= 0.6 is 0 Å². The van der Waals surface area contributed by atoms with Gasteiger partial charge in [-0.25, -0.2) is 0 Å². The topological polar surface area (TPSA) is 0 Å². The molecule has 0 amide bonds. The van der Waals surface area contributed by atoms with Crippen LogP contribution in [0.25, 0.3) is 109 Å². The summed E-state index contributed by atoms with van der Waals surface area (Å²) in [5.41, 5.74) is 54.2. The lowest BCUT2D eigenvalue weighted by molar-refractivity contribution is 0.540. The minimum atomic E-state index is -0.389. The molecule has 382 valence electrons. The maximum atomic E-state index is 2.58. The Morgan fingerprint density at radius 1 is 0.138 bits per heavy atom. The van der Waals surface area contributed by atoms with Gasteiger partial charge in [0.2, 0.25) is 0 Å². The van der Waals surface area contributed by atoms with Gasteiger partial charge in [0.25, 0.3) is 0 Å². The fourth-order valence-electron chi connectivity index (χ4n) is 20.5. The highest BCUT2D eigenvalue weighted by Crippen LogP contribution is 2.63. The van der Waals surface area contributed by atoms with Crippen LogP contribution in [0, 0.1) is 0 Å². The molecule has 0 saturated carbocycles. The number of hydrogen-bond donors (Lipinski definition) is 0. The summed E-state index contributed by atoms with van der Waals surface area (Å²) < 4.78 is 0. The van der Waals surface area contributed by atoms with Crippen LogP contribution in [0.5, 0.6) is 0 Å². The maximum absolute atomic E-state index is 2.58. The average molecular weight is 1070 g/mol. The van der Waals surface area contributed by atoms with E-state index < -0.39 is 0 Å². The van der Waals surface area contributed by atoms with E-state index in [1.165, 1.54) is 262 Å². The summed E-state index contributed by atoms with van der Waals surface area (Å²) in [6.45, 7) is 0. The van der Waals surface area contributed by atoms with Crippen LogP contribution in [0.2, 0.25) is 10.2 Å². The van der Waals surface area contributed by atoms with Gasteiger partial charge in [-0.05, 0) is 126 Å². The van der Waals surface area contributed by atoms with Gasteiger partial charge in [-0.3, -0.25) is 0 Å². The Bertz CT molecular complexity index is 5080. The minimum absolute atomic E-state index is 0.198. The predicted molar refractivity (Wildman–Crippen MR) is 502 cm³/mol. The molecule has 0 radical (unpaired) electrons. The van der Waals surface area contributed by atoms with Crippen molar-refractivity contribution in [3.63, 3.8) is 0 Å². The molecule has 0 heterocycles. The van der Waals surface area contributed by atoms with Crippen LogP contribution in [-0.4, -0.2) is 267 Å². The van der Waals surface area contributed by atoms with E-state index in [9.17, 15) is 0 Å². The van der Waals surface area contributed by atoms with Crippen molar-refractivity contribution >= 4 is 484 Å². The Labute approximate surface area is 551 Å². The molecule has 0 spiro atoms. The maximum Gasteiger partial charge on any atom is 0.140 e. The first kappa shape index (κ1) is 62.9. The molecule has 11 aromatic rings. The normalized spacial score (nSPS) is 13.3. The van der Waals surface area contributed by atoms with Crippen LogP contribution in [0.4, 0.5) is 0 Å². The molecular formula is C53H68B34. The van der Waals surface area contributed by atoms with Crippen molar-refractivity contribution in [1.29, 1.82) is 0 Å². The highest BCUT2D eigenvalue weighted by Gasteiger charge is 2.59. The first-order valence-corrected chi connectivity index (χ1v) is 33.0. The van der Waals surface area contributed by atoms with Gasteiger partial charge >= 0.3 is 0 Å². The zero-order valence-corrected chi connectivity index (χ0v) is 60.5. The van der Waals surface area contributed by atoms with E-state index in [0.29, 0.717) is 0 Å². The van der Waals surface area contributed by atoms with E-state index in [0.717, 1.165) is 0 Å². The average Bonchev–Trinajstić information content (AvgIpc) is 1.63. The molecule has 34 heteroatoms. The van der Waals surface area contributed by atoms with Crippen molar-refractivity contribution < 1.29 is 0 Å². The Balaban J connectivity index is 1.23. The molecule has 87 heavy (non-hydrogen) atoms. The summed E-state index contributed by atoms with van der Waals surface area (Å²) >= 11 is 0. The summed E-state index contributed by atoms with van der Waals surface area (Å²) in [5, 5.41) is 17.2. The molecule has 0 aliphatic heterocycles. The largest absolute Gasteiger partial charge is 0.140 e. The lowest BCUT2D eigenvalue weighted by atomic mass is 9.17. The van der Waals surface area contributed by atoms with E-state index in [4.69, 9.17) is 0 Å². The number of rotatable bonds is 5. The molecule has 0 aromatic heterocycles. The number of fused-ring (bicyclic) bond motifs is 3. The second-order valence-electron chi connectivity index (χ2n) is 31.0. The molecule has 1 aliphatic rings. The van der Waals surface area contributed by atoms with Gasteiger partial charge in [0.15, 0.2) is 0 Å². The summed E-state index contributed by atoms with van der Waals surface area (Å²) in [5.74, 6) is 0. The standard InChI is InChI=1S/C53H68B34/c54-23-17(7-5-1-3-13(34(65)26(5)57)42(73)48(79)44(75)15(3)38(69)36(67)11(1)32(63)28(7)59)46(77)50(81)47(78)19(23)20-25(56)22-10(31(62)41(20)72)9-21(51(22,52(82,83)84)53(85,86)87)24(55)18(40(71)30(9)61)8-6-2-4-14(35(66)27(6)58)43(74)49(80)45(76)16(4)39(70)37(68)12(2)33(64)29(8)60/h54-87H2.